The van der Waals surface area contributed by atoms with Crippen molar-refractivity contribution in [2.24, 2.45) is 0 Å². The van der Waals surface area contributed by atoms with Gasteiger partial charge in [-0.05, 0) is 23.3 Å². The average Bonchev–Trinajstić information content (AvgIpc) is 2.85. The smallest absolute Gasteiger partial charge is 0.319 e. The molecule has 0 spiro atoms. The van der Waals surface area contributed by atoms with Gasteiger partial charge in [-0.3, -0.25) is 9.59 Å². The molecular weight excluding hydrogens is 398 g/mol. The molecule has 0 radical (unpaired) electrons. The van der Waals surface area contributed by atoms with Crippen LogP contribution in [0, 0.1) is 0 Å². The third-order valence-corrected chi connectivity index (χ3v) is 5.12. The fourth-order valence-electron chi connectivity index (χ4n) is 3.57. The quantitative estimate of drug-likeness (QED) is 0.387. The van der Waals surface area contributed by atoms with Crippen LogP contribution in [0.5, 0.6) is 0 Å². The van der Waals surface area contributed by atoms with E-state index in [-0.39, 0.29) is 0 Å². The van der Waals surface area contributed by atoms with Crippen molar-refractivity contribution < 1.29 is 14.3 Å². The molecular formula is C28H23NO3. The van der Waals surface area contributed by atoms with Crippen molar-refractivity contribution in [3.05, 3.63) is 138 Å². The fraction of sp³-hybridized carbons (Fsp3) is 0.0714. The van der Waals surface area contributed by atoms with Crippen molar-refractivity contribution in [1.29, 1.82) is 0 Å². The van der Waals surface area contributed by atoms with Crippen LogP contribution >= 0.6 is 0 Å². The maximum Gasteiger partial charge on any atom is 0.319 e. The van der Waals surface area contributed by atoms with Crippen LogP contribution in [0.15, 0.2) is 121 Å². The number of benzene rings is 4. The molecule has 4 aromatic rings. The Kier molecular flexibility index (Phi) is 6.73. The monoisotopic (exact) mass is 421 g/mol. The van der Waals surface area contributed by atoms with Gasteiger partial charge >= 0.3 is 5.97 Å². The Balaban J connectivity index is 1.65. The number of nitrogens with one attached hydrogen (secondary N) is 1. The summed E-state index contributed by atoms with van der Waals surface area (Å²) in [5.41, 5.74) is 2.85. The first-order valence-corrected chi connectivity index (χ1v) is 10.4. The molecule has 4 aromatic carbocycles. The highest BCUT2D eigenvalue weighted by atomic mass is 16.5. The lowest BCUT2D eigenvalue weighted by molar-refractivity contribution is -0.155. The van der Waals surface area contributed by atoms with Gasteiger partial charge in [0.2, 0.25) is 6.10 Å². The van der Waals surface area contributed by atoms with Gasteiger partial charge in [0, 0.05) is 11.3 Å². The lowest BCUT2D eigenvalue weighted by atomic mass is 9.91. The Morgan fingerprint density at radius 2 is 0.969 bits per heavy atom. The van der Waals surface area contributed by atoms with E-state index in [0.29, 0.717) is 11.3 Å². The molecule has 0 aliphatic carbocycles. The van der Waals surface area contributed by atoms with Crippen LogP contribution in [0.25, 0.3) is 0 Å². The van der Waals surface area contributed by atoms with Gasteiger partial charge in [0.25, 0.3) is 5.91 Å². The van der Waals surface area contributed by atoms with Crippen LogP contribution in [-0.2, 0) is 14.3 Å². The van der Waals surface area contributed by atoms with Gasteiger partial charge in [0.15, 0.2) is 0 Å². The number of rotatable bonds is 7. The molecule has 0 saturated carbocycles. The summed E-state index contributed by atoms with van der Waals surface area (Å²) >= 11 is 0. The van der Waals surface area contributed by atoms with Gasteiger partial charge in [-0.2, -0.15) is 0 Å². The zero-order valence-electron chi connectivity index (χ0n) is 17.4. The highest BCUT2D eigenvalue weighted by molar-refractivity contribution is 5.96. The lowest BCUT2D eigenvalue weighted by Crippen LogP contribution is -2.28. The van der Waals surface area contributed by atoms with E-state index < -0.39 is 23.9 Å². The Morgan fingerprint density at radius 3 is 1.44 bits per heavy atom. The van der Waals surface area contributed by atoms with Gasteiger partial charge < -0.3 is 10.1 Å². The van der Waals surface area contributed by atoms with Crippen LogP contribution in [-0.4, -0.2) is 11.9 Å². The summed E-state index contributed by atoms with van der Waals surface area (Å²) in [4.78, 5) is 26.6. The second-order valence-corrected chi connectivity index (χ2v) is 7.34. The van der Waals surface area contributed by atoms with Crippen molar-refractivity contribution in [2.45, 2.75) is 12.0 Å². The third-order valence-electron chi connectivity index (χ3n) is 5.12. The zero-order valence-corrected chi connectivity index (χ0v) is 17.4. The van der Waals surface area contributed by atoms with Crippen LogP contribution in [0.4, 0.5) is 5.69 Å². The van der Waals surface area contributed by atoms with E-state index in [1.165, 1.54) is 0 Å². The van der Waals surface area contributed by atoms with E-state index in [1.54, 1.807) is 24.3 Å². The summed E-state index contributed by atoms with van der Waals surface area (Å²) in [6, 6.07) is 37.1. The maximum atomic E-state index is 13.5. The first-order chi connectivity index (χ1) is 15.7. The van der Waals surface area contributed by atoms with Gasteiger partial charge in [-0.15, -0.1) is 0 Å². The molecule has 4 rings (SSSR count). The molecule has 0 heterocycles. The van der Waals surface area contributed by atoms with E-state index in [4.69, 9.17) is 4.74 Å². The summed E-state index contributed by atoms with van der Waals surface area (Å²) in [7, 11) is 0. The summed E-state index contributed by atoms with van der Waals surface area (Å²) in [5, 5.41) is 2.85. The number of esters is 1. The third kappa shape index (κ3) is 5.10. The van der Waals surface area contributed by atoms with Crippen molar-refractivity contribution in [3.63, 3.8) is 0 Å². The minimum Gasteiger partial charge on any atom is -0.447 e. The Hall–Kier alpha value is -4.18. The van der Waals surface area contributed by atoms with Crippen LogP contribution in [0.3, 0.4) is 0 Å². The van der Waals surface area contributed by atoms with Gasteiger partial charge in [-0.1, -0.05) is 109 Å². The maximum absolute atomic E-state index is 13.5. The molecule has 0 aromatic heterocycles. The molecule has 0 aliphatic heterocycles. The molecule has 0 fully saturated rings. The number of carbonyl (C=O) groups excluding carboxylic acids is 2. The highest BCUT2D eigenvalue weighted by Gasteiger charge is 2.31. The van der Waals surface area contributed by atoms with E-state index >= 15 is 0 Å². The Labute approximate surface area is 187 Å². The number of ether oxygens (including phenoxy) is 1. The second kappa shape index (κ2) is 10.2. The Morgan fingerprint density at radius 1 is 0.562 bits per heavy atom. The predicted molar refractivity (Wildman–Crippen MR) is 125 cm³/mol. The molecule has 32 heavy (non-hydrogen) atoms. The second-order valence-electron chi connectivity index (χ2n) is 7.34. The summed E-state index contributed by atoms with van der Waals surface area (Å²) < 4.78 is 5.89. The van der Waals surface area contributed by atoms with Crippen LogP contribution in [0.1, 0.15) is 28.7 Å². The molecule has 158 valence electrons. The minimum atomic E-state index is -1.08. The SMILES string of the molecule is O=C(O[C@@H](C(=O)Nc1ccccc1)c1ccccc1)C(c1ccccc1)c1ccccc1. The van der Waals surface area contributed by atoms with Gasteiger partial charge in [-0.25, -0.2) is 0 Å². The molecule has 0 bridgehead atoms. The highest BCUT2D eigenvalue weighted by Crippen LogP contribution is 2.29. The van der Waals surface area contributed by atoms with Gasteiger partial charge in [0.1, 0.15) is 5.92 Å². The molecule has 0 unspecified atom stereocenters. The summed E-state index contributed by atoms with van der Waals surface area (Å²) in [6.45, 7) is 0. The normalized spacial score (nSPS) is 11.5. The van der Waals surface area contributed by atoms with Crippen molar-refractivity contribution in [2.75, 3.05) is 5.32 Å². The summed E-state index contributed by atoms with van der Waals surface area (Å²) in [6.07, 6.45) is -1.08. The number of para-hydroxylation sites is 1. The number of hydrogen-bond donors (Lipinski definition) is 1. The van der Waals surface area contributed by atoms with E-state index in [9.17, 15) is 9.59 Å². The van der Waals surface area contributed by atoms with E-state index in [1.807, 2.05) is 97.1 Å². The van der Waals surface area contributed by atoms with Crippen molar-refractivity contribution in [1.82, 2.24) is 0 Å². The topological polar surface area (TPSA) is 55.4 Å². The molecule has 1 N–H and O–H groups in total. The van der Waals surface area contributed by atoms with Crippen LogP contribution < -0.4 is 5.32 Å². The largest absolute Gasteiger partial charge is 0.447 e. The lowest BCUT2D eigenvalue weighted by Gasteiger charge is -2.22. The fourth-order valence-corrected chi connectivity index (χ4v) is 3.57. The van der Waals surface area contributed by atoms with Crippen molar-refractivity contribution >= 4 is 17.6 Å². The zero-order chi connectivity index (χ0) is 22.2. The molecule has 1 atom stereocenters. The summed E-state index contributed by atoms with van der Waals surface area (Å²) in [5.74, 6) is -1.54. The number of amides is 1. The average molecular weight is 421 g/mol. The molecule has 1 amide bonds. The standard InChI is InChI=1S/C28H23NO3/c30-27(29-24-19-11-4-12-20-24)26(23-17-9-3-10-18-23)32-28(31)25(21-13-5-1-6-14-21)22-15-7-2-8-16-22/h1-20,25-26H,(H,29,30)/t26-/m1/s1. The number of hydrogen-bond acceptors (Lipinski definition) is 3. The molecule has 4 nitrogen and oxygen atoms in total. The molecule has 4 heteroatoms. The van der Waals surface area contributed by atoms with E-state index in [0.717, 1.165) is 11.1 Å². The Bertz CT molecular complexity index is 1110. The predicted octanol–water partition coefficient (Wildman–Crippen LogP) is 5.74. The first-order valence-electron chi connectivity index (χ1n) is 10.4. The minimum absolute atomic E-state index is 0.407. The number of anilines is 1. The number of carbonyl (C=O) groups is 2. The van der Waals surface area contributed by atoms with Crippen molar-refractivity contribution in [3.8, 4) is 0 Å². The molecule has 0 aliphatic rings. The van der Waals surface area contributed by atoms with E-state index in [2.05, 4.69) is 5.32 Å². The van der Waals surface area contributed by atoms with Crippen LogP contribution in [0.2, 0.25) is 0 Å². The molecule has 0 saturated heterocycles. The van der Waals surface area contributed by atoms with Gasteiger partial charge in [0.05, 0.1) is 0 Å². The first kappa shape index (κ1) is 21.1.